The molecule has 5 nitrogen and oxygen atoms in total. The maximum atomic E-state index is 13.1. The SMILES string of the molecule is O=C(CN1CCOC(c2ccc(F)cc2)C1)N1CCC(c2ccccc2)=N1. The van der Waals surface area contributed by atoms with E-state index in [2.05, 4.69) is 10.0 Å². The van der Waals surface area contributed by atoms with Gasteiger partial charge in [-0.1, -0.05) is 42.5 Å². The number of benzene rings is 2. The highest BCUT2D eigenvalue weighted by molar-refractivity contribution is 6.02. The molecule has 2 aromatic carbocycles. The molecule has 27 heavy (non-hydrogen) atoms. The number of nitrogens with zero attached hydrogens (tertiary/aromatic N) is 3. The lowest BCUT2D eigenvalue weighted by Gasteiger charge is -2.33. The molecule has 1 fully saturated rings. The Hall–Kier alpha value is -2.57. The predicted molar refractivity (Wildman–Crippen MR) is 101 cm³/mol. The van der Waals surface area contributed by atoms with Gasteiger partial charge in [-0.15, -0.1) is 0 Å². The molecule has 2 aromatic rings. The van der Waals surface area contributed by atoms with Crippen molar-refractivity contribution in [2.24, 2.45) is 5.10 Å². The van der Waals surface area contributed by atoms with E-state index < -0.39 is 0 Å². The van der Waals surface area contributed by atoms with Gasteiger partial charge in [-0.05, 0) is 23.3 Å². The first kappa shape index (κ1) is 17.8. The van der Waals surface area contributed by atoms with Crippen molar-refractivity contribution in [2.75, 3.05) is 32.8 Å². The molecule has 1 unspecified atom stereocenters. The van der Waals surface area contributed by atoms with Crippen molar-refractivity contribution in [3.05, 3.63) is 71.5 Å². The fourth-order valence-electron chi connectivity index (χ4n) is 3.47. The van der Waals surface area contributed by atoms with Crippen LogP contribution >= 0.6 is 0 Å². The number of amides is 1. The number of hydrazone groups is 1. The van der Waals surface area contributed by atoms with E-state index in [1.54, 1.807) is 17.1 Å². The first-order valence-corrected chi connectivity index (χ1v) is 9.22. The molecule has 1 saturated heterocycles. The van der Waals surface area contributed by atoms with Gasteiger partial charge in [0.15, 0.2) is 0 Å². The van der Waals surface area contributed by atoms with E-state index in [9.17, 15) is 9.18 Å². The van der Waals surface area contributed by atoms with E-state index in [1.807, 2.05) is 30.3 Å². The lowest BCUT2D eigenvalue weighted by atomic mass is 10.1. The van der Waals surface area contributed by atoms with Crippen LogP contribution in [-0.2, 0) is 9.53 Å². The number of carbonyl (C=O) groups is 1. The molecule has 1 atom stereocenters. The van der Waals surface area contributed by atoms with Crippen LogP contribution in [0.5, 0.6) is 0 Å². The second-order valence-corrected chi connectivity index (χ2v) is 6.83. The number of ether oxygens (including phenoxy) is 1. The van der Waals surface area contributed by atoms with Crippen LogP contribution in [0.15, 0.2) is 59.7 Å². The van der Waals surface area contributed by atoms with Crippen LogP contribution in [0, 0.1) is 5.82 Å². The predicted octanol–water partition coefficient (Wildman–Crippen LogP) is 2.84. The van der Waals surface area contributed by atoms with Crippen molar-refractivity contribution >= 4 is 11.6 Å². The monoisotopic (exact) mass is 367 g/mol. The van der Waals surface area contributed by atoms with Crippen LogP contribution in [0.2, 0.25) is 0 Å². The molecule has 0 aliphatic carbocycles. The normalized spacial score (nSPS) is 20.6. The Morgan fingerprint density at radius 3 is 2.67 bits per heavy atom. The molecule has 140 valence electrons. The molecule has 0 N–H and O–H groups in total. The van der Waals surface area contributed by atoms with Crippen molar-refractivity contribution in [3.8, 4) is 0 Å². The second-order valence-electron chi connectivity index (χ2n) is 6.83. The summed E-state index contributed by atoms with van der Waals surface area (Å²) in [5.74, 6) is -0.261. The van der Waals surface area contributed by atoms with Gasteiger partial charge in [-0.3, -0.25) is 9.69 Å². The first-order chi connectivity index (χ1) is 13.2. The third kappa shape index (κ3) is 4.23. The number of rotatable bonds is 4. The Balaban J connectivity index is 1.37. The molecule has 0 aromatic heterocycles. The molecule has 2 aliphatic rings. The third-order valence-corrected chi connectivity index (χ3v) is 4.95. The number of halogens is 1. The fraction of sp³-hybridized carbons (Fsp3) is 0.333. The van der Waals surface area contributed by atoms with Crippen molar-refractivity contribution < 1.29 is 13.9 Å². The summed E-state index contributed by atoms with van der Waals surface area (Å²) in [4.78, 5) is 14.7. The van der Waals surface area contributed by atoms with E-state index in [4.69, 9.17) is 4.74 Å². The smallest absolute Gasteiger partial charge is 0.256 e. The highest BCUT2D eigenvalue weighted by atomic mass is 19.1. The summed E-state index contributed by atoms with van der Waals surface area (Å²) >= 11 is 0. The Morgan fingerprint density at radius 2 is 1.89 bits per heavy atom. The summed E-state index contributed by atoms with van der Waals surface area (Å²) in [5, 5.41) is 6.09. The maximum absolute atomic E-state index is 13.1. The third-order valence-electron chi connectivity index (χ3n) is 4.95. The quantitative estimate of drug-likeness (QED) is 0.835. The van der Waals surface area contributed by atoms with Crippen molar-refractivity contribution in [2.45, 2.75) is 12.5 Å². The zero-order chi connectivity index (χ0) is 18.6. The van der Waals surface area contributed by atoms with Gasteiger partial charge >= 0.3 is 0 Å². The van der Waals surface area contributed by atoms with Crippen LogP contribution in [0.25, 0.3) is 0 Å². The molecular formula is C21H22FN3O2. The topological polar surface area (TPSA) is 45.1 Å². The van der Waals surface area contributed by atoms with Gasteiger partial charge in [0.25, 0.3) is 5.91 Å². The van der Waals surface area contributed by atoms with E-state index in [0.29, 0.717) is 32.8 Å². The molecule has 0 spiro atoms. The van der Waals surface area contributed by atoms with Crippen LogP contribution in [0.4, 0.5) is 4.39 Å². The van der Waals surface area contributed by atoms with Crippen molar-refractivity contribution in [3.63, 3.8) is 0 Å². The van der Waals surface area contributed by atoms with Crippen LogP contribution in [0.3, 0.4) is 0 Å². The van der Waals surface area contributed by atoms with Crippen LogP contribution in [0.1, 0.15) is 23.7 Å². The average Bonchev–Trinajstić information content (AvgIpc) is 3.20. The summed E-state index contributed by atoms with van der Waals surface area (Å²) in [6.07, 6.45) is 0.631. The number of carbonyl (C=O) groups excluding carboxylic acids is 1. The van der Waals surface area contributed by atoms with E-state index in [1.165, 1.54) is 12.1 Å². The van der Waals surface area contributed by atoms with Gasteiger partial charge in [-0.2, -0.15) is 5.10 Å². The summed E-state index contributed by atoms with van der Waals surface area (Å²) in [7, 11) is 0. The Labute approximate surface area is 158 Å². The minimum atomic E-state index is -0.261. The average molecular weight is 367 g/mol. The van der Waals surface area contributed by atoms with Crippen LogP contribution in [-0.4, -0.2) is 54.3 Å². The molecule has 0 radical (unpaired) electrons. The maximum Gasteiger partial charge on any atom is 0.256 e. The van der Waals surface area contributed by atoms with Gasteiger partial charge in [-0.25, -0.2) is 9.40 Å². The highest BCUT2D eigenvalue weighted by Gasteiger charge is 2.27. The molecule has 6 heteroatoms. The summed E-state index contributed by atoms with van der Waals surface area (Å²) in [5.41, 5.74) is 2.95. The standard InChI is InChI=1S/C21H22FN3O2/c22-18-8-6-17(7-9-18)20-14-24(12-13-27-20)15-21(26)25-11-10-19(23-25)16-4-2-1-3-5-16/h1-9,20H,10-15H2. The van der Waals surface area contributed by atoms with Crippen molar-refractivity contribution in [1.29, 1.82) is 0 Å². The Bertz CT molecular complexity index is 823. The number of hydrogen-bond donors (Lipinski definition) is 0. The fourth-order valence-corrected chi connectivity index (χ4v) is 3.47. The lowest BCUT2D eigenvalue weighted by Crippen LogP contribution is -2.44. The largest absolute Gasteiger partial charge is 0.371 e. The van der Waals surface area contributed by atoms with E-state index >= 15 is 0 Å². The molecule has 2 aliphatic heterocycles. The van der Waals surface area contributed by atoms with E-state index in [0.717, 1.165) is 23.3 Å². The summed E-state index contributed by atoms with van der Waals surface area (Å²) in [6.45, 7) is 2.79. The zero-order valence-electron chi connectivity index (χ0n) is 15.1. The van der Waals surface area contributed by atoms with Crippen LogP contribution < -0.4 is 0 Å². The Kier molecular flexibility index (Phi) is 5.27. The van der Waals surface area contributed by atoms with Gasteiger partial charge in [0.2, 0.25) is 0 Å². The Morgan fingerprint density at radius 1 is 1.11 bits per heavy atom. The molecule has 2 heterocycles. The number of morpholine rings is 1. The van der Waals surface area contributed by atoms with Gasteiger partial charge in [0.05, 0.1) is 31.5 Å². The molecule has 0 saturated carbocycles. The molecule has 1 amide bonds. The van der Waals surface area contributed by atoms with Crippen molar-refractivity contribution in [1.82, 2.24) is 9.91 Å². The molecular weight excluding hydrogens is 345 g/mol. The summed E-state index contributed by atoms with van der Waals surface area (Å²) in [6, 6.07) is 16.3. The minimum absolute atomic E-state index is 0.000636. The van der Waals surface area contributed by atoms with E-state index in [-0.39, 0.29) is 17.8 Å². The number of hydrogen-bond acceptors (Lipinski definition) is 4. The lowest BCUT2D eigenvalue weighted by molar-refractivity contribution is -0.134. The van der Waals surface area contributed by atoms with Gasteiger partial charge in [0.1, 0.15) is 5.82 Å². The summed E-state index contributed by atoms with van der Waals surface area (Å²) < 4.78 is 18.9. The van der Waals surface area contributed by atoms with Gasteiger partial charge in [0, 0.05) is 19.5 Å². The minimum Gasteiger partial charge on any atom is -0.371 e. The zero-order valence-corrected chi connectivity index (χ0v) is 15.1. The molecule has 4 rings (SSSR count). The first-order valence-electron chi connectivity index (χ1n) is 9.22. The van der Waals surface area contributed by atoms with Gasteiger partial charge < -0.3 is 4.74 Å². The highest BCUT2D eigenvalue weighted by Crippen LogP contribution is 2.23. The second kappa shape index (κ2) is 7.98. The molecule has 0 bridgehead atoms.